The van der Waals surface area contributed by atoms with E-state index in [1.54, 1.807) is 18.3 Å². The van der Waals surface area contributed by atoms with Crippen LogP contribution in [0.25, 0.3) is 16.6 Å². The minimum atomic E-state index is -4.61. The van der Waals surface area contributed by atoms with Crippen LogP contribution in [0.15, 0.2) is 48.6 Å². The van der Waals surface area contributed by atoms with Crippen LogP contribution in [0.3, 0.4) is 0 Å². The fourth-order valence-corrected chi connectivity index (χ4v) is 5.69. The van der Waals surface area contributed by atoms with Gasteiger partial charge in [0.1, 0.15) is 17.5 Å². The molecule has 11 heteroatoms. The zero-order chi connectivity index (χ0) is 24.3. The third-order valence-electron chi connectivity index (χ3n) is 6.58. The van der Waals surface area contributed by atoms with Gasteiger partial charge in [-0.3, -0.25) is 0 Å². The van der Waals surface area contributed by atoms with Gasteiger partial charge < -0.3 is 15.2 Å². The Kier molecular flexibility index (Phi) is 5.51. The summed E-state index contributed by atoms with van der Waals surface area (Å²) in [6.07, 6.45) is 2.80. The highest BCUT2D eigenvalue weighted by Gasteiger charge is 2.49. The molecule has 1 aliphatic carbocycles. The van der Waals surface area contributed by atoms with Gasteiger partial charge >= 0.3 is 6.18 Å². The number of allylic oxidation sites excluding steroid dienone is 3. The molecule has 1 atom stereocenters. The van der Waals surface area contributed by atoms with Crippen LogP contribution < -0.4 is 5.32 Å². The maximum Gasteiger partial charge on any atom is 0.410 e. The smallest absolute Gasteiger partial charge is 0.344 e. The number of sulfonamides is 1. The minimum absolute atomic E-state index is 0.0185. The number of hydrogen-bond acceptors (Lipinski definition) is 5. The van der Waals surface area contributed by atoms with Crippen molar-refractivity contribution in [2.24, 2.45) is 0 Å². The average molecular weight is 494 g/mol. The lowest BCUT2D eigenvalue weighted by molar-refractivity contribution is -0.187. The van der Waals surface area contributed by atoms with Crippen molar-refractivity contribution in [2.45, 2.75) is 37.9 Å². The van der Waals surface area contributed by atoms with Gasteiger partial charge in [0.25, 0.3) is 0 Å². The number of aromatic amines is 1. The molecule has 7 nitrogen and oxygen atoms in total. The molecule has 1 unspecified atom stereocenters. The molecular formula is C23H26F3N5O2S. The SMILES string of the molecule is C=C1C=C(c2ccnc3[nH]c(C4CC4)cc23)C=C(N2CCN(S(=O)(=O)CC)CC2C(F)(F)F)N1. The van der Waals surface area contributed by atoms with Crippen LogP contribution in [0, 0.1) is 0 Å². The van der Waals surface area contributed by atoms with E-state index in [1.807, 2.05) is 6.07 Å². The highest BCUT2D eigenvalue weighted by Crippen LogP contribution is 2.41. The van der Waals surface area contributed by atoms with Crippen LogP contribution in [0.2, 0.25) is 0 Å². The molecular weight excluding hydrogens is 467 g/mol. The van der Waals surface area contributed by atoms with Crippen LogP contribution >= 0.6 is 0 Å². The molecule has 2 fully saturated rings. The number of halogens is 3. The van der Waals surface area contributed by atoms with Crippen molar-refractivity contribution in [1.29, 1.82) is 0 Å². The molecule has 34 heavy (non-hydrogen) atoms. The van der Waals surface area contributed by atoms with Crippen LogP contribution in [-0.2, 0) is 10.0 Å². The number of aromatic nitrogens is 2. The summed E-state index contributed by atoms with van der Waals surface area (Å²) in [5.74, 6) is 0.523. The molecule has 2 aliphatic heterocycles. The topological polar surface area (TPSA) is 81.3 Å². The van der Waals surface area contributed by atoms with Crippen molar-refractivity contribution < 1.29 is 21.6 Å². The van der Waals surface area contributed by atoms with Crippen molar-refractivity contribution in [3.63, 3.8) is 0 Å². The first-order valence-electron chi connectivity index (χ1n) is 11.3. The van der Waals surface area contributed by atoms with Gasteiger partial charge in [0, 0.05) is 42.6 Å². The summed E-state index contributed by atoms with van der Waals surface area (Å²) in [5.41, 5.74) is 3.89. The molecule has 3 aliphatic rings. The van der Waals surface area contributed by atoms with Crippen molar-refractivity contribution in [3.8, 4) is 0 Å². The molecule has 0 radical (unpaired) electrons. The maximum absolute atomic E-state index is 14.1. The molecule has 0 aromatic carbocycles. The Labute approximate surface area is 196 Å². The molecule has 1 saturated heterocycles. The number of pyridine rings is 1. The molecule has 2 N–H and O–H groups in total. The van der Waals surface area contributed by atoms with Gasteiger partial charge in [-0.25, -0.2) is 13.4 Å². The quantitative estimate of drug-likeness (QED) is 0.664. The molecule has 5 rings (SSSR count). The predicted octanol–water partition coefficient (Wildman–Crippen LogP) is 3.68. The Balaban J connectivity index is 1.51. The third-order valence-corrected chi connectivity index (χ3v) is 8.43. The molecule has 1 saturated carbocycles. The second kappa shape index (κ2) is 8.16. The normalized spacial score (nSPS) is 22.5. The van der Waals surface area contributed by atoms with E-state index >= 15 is 0 Å². The first-order valence-corrected chi connectivity index (χ1v) is 12.9. The largest absolute Gasteiger partial charge is 0.410 e. The molecule has 182 valence electrons. The van der Waals surface area contributed by atoms with Gasteiger partial charge in [-0.1, -0.05) is 6.58 Å². The molecule has 0 bridgehead atoms. The molecule has 2 aromatic rings. The second-order valence-corrected chi connectivity index (χ2v) is 11.2. The summed E-state index contributed by atoms with van der Waals surface area (Å²) in [6, 6.07) is 1.94. The van der Waals surface area contributed by atoms with E-state index in [1.165, 1.54) is 11.8 Å². The maximum atomic E-state index is 14.1. The summed E-state index contributed by atoms with van der Waals surface area (Å²) >= 11 is 0. The predicted molar refractivity (Wildman–Crippen MR) is 124 cm³/mol. The van der Waals surface area contributed by atoms with E-state index in [-0.39, 0.29) is 24.7 Å². The van der Waals surface area contributed by atoms with Gasteiger partial charge in [-0.05, 0) is 61.1 Å². The number of rotatable bonds is 5. The van der Waals surface area contributed by atoms with Crippen molar-refractivity contribution in [3.05, 3.63) is 59.8 Å². The Bertz CT molecular complexity index is 1310. The van der Waals surface area contributed by atoms with Crippen LogP contribution in [-0.4, -0.2) is 65.2 Å². The Hall–Kier alpha value is -2.79. The highest BCUT2D eigenvalue weighted by atomic mass is 32.2. The summed E-state index contributed by atoms with van der Waals surface area (Å²) in [6.45, 7) is 4.62. The number of dihydropyridines is 1. The van der Waals surface area contributed by atoms with Gasteiger partial charge in [-0.15, -0.1) is 0 Å². The van der Waals surface area contributed by atoms with Crippen molar-refractivity contribution in [1.82, 2.24) is 24.5 Å². The first kappa shape index (κ1) is 23.0. The first-order chi connectivity index (χ1) is 16.1. The van der Waals surface area contributed by atoms with Gasteiger partial charge in [0.05, 0.1) is 5.75 Å². The van der Waals surface area contributed by atoms with Gasteiger partial charge in [0.2, 0.25) is 10.0 Å². The standard InChI is InChI=1S/C23H26F3N5O2S/c1-3-34(32,33)30-8-9-31(20(13-30)23(24,25)26)21-11-16(10-14(2)28-21)17-6-7-27-22-18(17)12-19(29-22)15-4-5-15/h6-7,10-12,15,20,28H,2-5,8-9,13H2,1H3,(H,27,29). The summed E-state index contributed by atoms with van der Waals surface area (Å²) < 4.78 is 67.6. The number of H-pyrrole nitrogens is 1. The zero-order valence-electron chi connectivity index (χ0n) is 18.7. The average Bonchev–Trinajstić information content (AvgIpc) is 3.55. The van der Waals surface area contributed by atoms with Gasteiger partial charge in [-0.2, -0.15) is 17.5 Å². The number of fused-ring (bicyclic) bond motifs is 1. The Morgan fingerprint density at radius 2 is 2.00 bits per heavy atom. The van der Waals surface area contributed by atoms with E-state index in [2.05, 4.69) is 27.9 Å². The number of alkyl halides is 3. The van der Waals surface area contributed by atoms with E-state index in [0.717, 1.165) is 45.0 Å². The monoisotopic (exact) mass is 493 g/mol. The van der Waals surface area contributed by atoms with E-state index in [9.17, 15) is 21.6 Å². The molecule has 2 aromatic heterocycles. The Morgan fingerprint density at radius 1 is 1.24 bits per heavy atom. The summed E-state index contributed by atoms with van der Waals surface area (Å²) in [5, 5.41) is 3.87. The molecule has 0 spiro atoms. The van der Waals surface area contributed by atoms with Crippen LogP contribution in [0.4, 0.5) is 13.2 Å². The third kappa shape index (κ3) is 4.22. The molecule has 0 amide bonds. The van der Waals surface area contributed by atoms with E-state index < -0.39 is 28.8 Å². The number of piperazine rings is 1. The molecule has 4 heterocycles. The fourth-order valence-electron chi connectivity index (χ4n) is 4.60. The number of nitrogens with one attached hydrogen (secondary N) is 2. The lowest BCUT2D eigenvalue weighted by atomic mass is 9.99. The lowest BCUT2D eigenvalue weighted by Gasteiger charge is -2.44. The number of hydrogen-bond donors (Lipinski definition) is 2. The van der Waals surface area contributed by atoms with Crippen molar-refractivity contribution >= 4 is 26.6 Å². The Morgan fingerprint density at radius 3 is 2.68 bits per heavy atom. The highest BCUT2D eigenvalue weighted by molar-refractivity contribution is 7.89. The van der Waals surface area contributed by atoms with Crippen molar-refractivity contribution in [2.75, 3.05) is 25.4 Å². The van der Waals surface area contributed by atoms with Gasteiger partial charge in [0.15, 0.2) is 0 Å². The van der Waals surface area contributed by atoms with Crippen LogP contribution in [0.1, 0.15) is 36.9 Å². The van der Waals surface area contributed by atoms with E-state index in [0.29, 0.717) is 11.6 Å². The fraction of sp³-hybridized carbons (Fsp3) is 0.435. The summed E-state index contributed by atoms with van der Waals surface area (Å²) in [4.78, 5) is 8.97. The van der Waals surface area contributed by atoms with E-state index in [4.69, 9.17) is 0 Å². The minimum Gasteiger partial charge on any atom is -0.344 e. The second-order valence-electron chi connectivity index (χ2n) is 8.91. The van der Waals surface area contributed by atoms with Crippen LogP contribution in [0.5, 0.6) is 0 Å². The zero-order valence-corrected chi connectivity index (χ0v) is 19.5. The summed E-state index contributed by atoms with van der Waals surface area (Å²) in [7, 11) is -3.73. The number of nitrogens with zero attached hydrogens (tertiary/aromatic N) is 3. The lowest BCUT2D eigenvalue weighted by Crippen LogP contribution is -2.60.